The fourth-order valence-electron chi connectivity index (χ4n) is 3.16. The molecule has 1 aliphatic heterocycles. The summed E-state index contributed by atoms with van der Waals surface area (Å²) < 4.78 is 5.20. The summed E-state index contributed by atoms with van der Waals surface area (Å²) in [4.78, 5) is 7.30. The Kier molecular flexibility index (Phi) is 8.06. The van der Waals surface area contributed by atoms with Crippen molar-refractivity contribution in [3.63, 3.8) is 0 Å². The Morgan fingerprint density at radius 3 is 2.48 bits per heavy atom. The highest BCUT2D eigenvalue weighted by Crippen LogP contribution is 2.13. The zero-order chi connectivity index (χ0) is 18.1. The minimum atomic E-state index is 0.522. The second-order valence-corrected chi connectivity index (χ2v) is 6.91. The Balaban J connectivity index is 1.81. The van der Waals surface area contributed by atoms with Crippen molar-refractivity contribution in [1.29, 1.82) is 0 Å². The first-order valence-electron chi connectivity index (χ1n) is 9.54. The molecule has 0 radical (unpaired) electrons. The predicted octanol–water partition coefficient (Wildman–Crippen LogP) is 2.67. The molecule has 0 amide bonds. The summed E-state index contributed by atoms with van der Waals surface area (Å²) >= 11 is 0. The van der Waals surface area contributed by atoms with Crippen LogP contribution in [0.3, 0.4) is 0 Å². The van der Waals surface area contributed by atoms with Crippen LogP contribution >= 0.6 is 0 Å². The van der Waals surface area contributed by atoms with Crippen LogP contribution in [-0.4, -0.2) is 56.2 Å². The lowest BCUT2D eigenvalue weighted by Crippen LogP contribution is -2.49. The van der Waals surface area contributed by atoms with Crippen molar-refractivity contribution in [1.82, 2.24) is 15.5 Å². The summed E-state index contributed by atoms with van der Waals surface area (Å²) in [6, 6.07) is 9.39. The van der Waals surface area contributed by atoms with Crippen molar-refractivity contribution in [3.05, 3.63) is 29.8 Å². The van der Waals surface area contributed by atoms with Crippen LogP contribution in [0.5, 0.6) is 5.75 Å². The van der Waals surface area contributed by atoms with Crippen molar-refractivity contribution >= 4 is 5.96 Å². The highest BCUT2D eigenvalue weighted by Gasteiger charge is 2.21. The standard InChI is InChI=1S/C20H34N4O/c1-5-21-20(23-18-11-14-24(15-12-18)16(2)3)22-13-10-17-6-8-19(25-4)9-7-17/h6-9,16,18H,5,10-15H2,1-4H3,(H2,21,22,23). The van der Waals surface area contributed by atoms with Crippen molar-refractivity contribution in [2.75, 3.05) is 33.3 Å². The van der Waals surface area contributed by atoms with E-state index in [-0.39, 0.29) is 0 Å². The van der Waals surface area contributed by atoms with E-state index in [1.165, 1.54) is 31.5 Å². The second kappa shape index (κ2) is 10.3. The summed E-state index contributed by atoms with van der Waals surface area (Å²) in [6.45, 7) is 10.7. The van der Waals surface area contributed by atoms with E-state index in [2.05, 4.69) is 48.4 Å². The number of nitrogens with zero attached hydrogens (tertiary/aromatic N) is 2. The number of guanidine groups is 1. The van der Waals surface area contributed by atoms with Gasteiger partial charge in [0.15, 0.2) is 5.96 Å². The van der Waals surface area contributed by atoms with Gasteiger partial charge in [0.1, 0.15) is 5.75 Å². The largest absolute Gasteiger partial charge is 0.497 e. The molecule has 0 bridgehead atoms. The SMILES string of the molecule is CCNC(=NCCc1ccc(OC)cc1)NC1CCN(C(C)C)CC1. The highest BCUT2D eigenvalue weighted by molar-refractivity contribution is 5.80. The molecule has 2 rings (SSSR count). The van der Waals surface area contributed by atoms with Gasteiger partial charge in [0.25, 0.3) is 0 Å². The maximum absolute atomic E-state index is 5.20. The van der Waals surface area contributed by atoms with Gasteiger partial charge in [-0.3, -0.25) is 4.99 Å². The molecule has 140 valence electrons. The van der Waals surface area contributed by atoms with E-state index >= 15 is 0 Å². The van der Waals surface area contributed by atoms with Crippen LogP contribution in [-0.2, 0) is 6.42 Å². The average molecular weight is 347 g/mol. The van der Waals surface area contributed by atoms with E-state index < -0.39 is 0 Å². The number of likely N-dealkylation sites (tertiary alicyclic amines) is 1. The molecule has 5 heteroatoms. The molecule has 0 saturated carbocycles. The van der Waals surface area contributed by atoms with Gasteiger partial charge in [-0.05, 0) is 57.7 Å². The first-order chi connectivity index (χ1) is 12.1. The predicted molar refractivity (Wildman–Crippen MR) is 106 cm³/mol. The zero-order valence-electron chi connectivity index (χ0n) is 16.2. The first kappa shape index (κ1) is 19.6. The Morgan fingerprint density at radius 1 is 1.24 bits per heavy atom. The number of nitrogens with one attached hydrogen (secondary N) is 2. The Morgan fingerprint density at radius 2 is 1.92 bits per heavy atom. The number of piperidine rings is 1. The van der Waals surface area contributed by atoms with Crippen LogP contribution in [0, 0.1) is 0 Å². The van der Waals surface area contributed by atoms with Crippen molar-refractivity contribution < 1.29 is 4.74 Å². The molecule has 0 spiro atoms. The summed E-state index contributed by atoms with van der Waals surface area (Å²) in [7, 11) is 1.69. The molecule has 1 aromatic rings. The third-order valence-electron chi connectivity index (χ3n) is 4.77. The number of aliphatic imine (C=N–C) groups is 1. The lowest BCUT2D eigenvalue weighted by Gasteiger charge is -2.35. The highest BCUT2D eigenvalue weighted by atomic mass is 16.5. The van der Waals surface area contributed by atoms with Gasteiger partial charge in [0.2, 0.25) is 0 Å². The van der Waals surface area contributed by atoms with E-state index in [4.69, 9.17) is 9.73 Å². The Labute approximate surface area is 152 Å². The molecule has 5 nitrogen and oxygen atoms in total. The molecular formula is C20H34N4O. The van der Waals surface area contributed by atoms with Crippen molar-refractivity contribution in [3.8, 4) is 5.75 Å². The first-order valence-corrected chi connectivity index (χ1v) is 9.54. The molecular weight excluding hydrogens is 312 g/mol. The zero-order valence-corrected chi connectivity index (χ0v) is 16.2. The van der Waals surface area contributed by atoms with Gasteiger partial charge in [-0.15, -0.1) is 0 Å². The van der Waals surface area contributed by atoms with Crippen LogP contribution in [0.1, 0.15) is 39.2 Å². The summed E-state index contributed by atoms with van der Waals surface area (Å²) in [5.74, 6) is 1.84. The number of rotatable bonds is 7. The van der Waals surface area contributed by atoms with Crippen molar-refractivity contribution in [2.24, 2.45) is 4.99 Å². The monoisotopic (exact) mass is 346 g/mol. The van der Waals surface area contributed by atoms with Crippen LogP contribution in [0.2, 0.25) is 0 Å². The van der Waals surface area contributed by atoms with E-state index in [9.17, 15) is 0 Å². The Hall–Kier alpha value is -1.75. The van der Waals surface area contributed by atoms with Crippen LogP contribution in [0.25, 0.3) is 0 Å². The molecule has 25 heavy (non-hydrogen) atoms. The normalized spacial score (nSPS) is 16.9. The van der Waals surface area contributed by atoms with Crippen molar-refractivity contribution in [2.45, 2.75) is 52.1 Å². The quantitative estimate of drug-likeness (QED) is 0.589. The number of methoxy groups -OCH3 is 1. The molecule has 0 atom stereocenters. The van der Waals surface area contributed by atoms with Crippen LogP contribution in [0.15, 0.2) is 29.3 Å². The number of hydrogen-bond donors (Lipinski definition) is 2. The minimum absolute atomic E-state index is 0.522. The van der Waals surface area contributed by atoms with Gasteiger partial charge in [0, 0.05) is 38.3 Å². The van der Waals surface area contributed by atoms with Gasteiger partial charge >= 0.3 is 0 Å². The molecule has 1 heterocycles. The van der Waals surface area contributed by atoms with E-state index in [1.54, 1.807) is 7.11 Å². The molecule has 2 N–H and O–H groups in total. The van der Waals surface area contributed by atoms with E-state index in [1.807, 2.05) is 12.1 Å². The third-order valence-corrected chi connectivity index (χ3v) is 4.77. The molecule has 1 aromatic carbocycles. The maximum atomic E-state index is 5.20. The van der Waals surface area contributed by atoms with E-state index in [0.29, 0.717) is 12.1 Å². The van der Waals surface area contributed by atoms with Gasteiger partial charge < -0.3 is 20.3 Å². The summed E-state index contributed by atoms with van der Waals surface area (Å²) in [5, 5.41) is 6.99. The summed E-state index contributed by atoms with van der Waals surface area (Å²) in [6.07, 6.45) is 3.30. The molecule has 0 aromatic heterocycles. The third kappa shape index (κ3) is 6.58. The molecule has 1 aliphatic rings. The average Bonchev–Trinajstić information content (AvgIpc) is 2.63. The summed E-state index contributed by atoms with van der Waals surface area (Å²) in [5.41, 5.74) is 1.28. The number of ether oxygens (including phenoxy) is 1. The molecule has 1 fully saturated rings. The van der Waals surface area contributed by atoms with Gasteiger partial charge in [-0.2, -0.15) is 0 Å². The smallest absolute Gasteiger partial charge is 0.191 e. The maximum Gasteiger partial charge on any atom is 0.191 e. The minimum Gasteiger partial charge on any atom is -0.497 e. The Bertz CT molecular complexity index is 519. The van der Waals surface area contributed by atoms with E-state index in [0.717, 1.165) is 31.2 Å². The molecule has 0 unspecified atom stereocenters. The lowest BCUT2D eigenvalue weighted by molar-refractivity contribution is 0.167. The number of benzene rings is 1. The second-order valence-electron chi connectivity index (χ2n) is 6.91. The molecule has 1 saturated heterocycles. The van der Waals surface area contributed by atoms with Gasteiger partial charge in [-0.25, -0.2) is 0 Å². The fraction of sp³-hybridized carbons (Fsp3) is 0.650. The van der Waals surface area contributed by atoms with Crippen LogP contribution < -0.4 is 15.4 Å². The fourth-order valence-corrected chi connectivity index (χ4v) is 3.16. The number of hydrogen-bond acceptors (Lipinski definition) is 3. The lowest BCUT2D eigenvalue weighted by atomic mass is 10.0. The van der Waals surface area contributed by atoms with Gasteiger partial charge in [0.05, 0.1) is 7.11 Å². The molecule has 0 aliphatic carbocycles. The van der Waals surface area contributed by atoms with Gasteiger partial charge in [-0.1, -0.05) is 12.1 Å². The topological polar surface area (TPSA) is 48.9 Å². The van der Waals surface area contributed by atoms with Crippen LogP contribution in [0.4, 0.5) is 0 Å².